The van der Waals surface area contributed by atoms with Crippen LogP contribution in [0.2, 0.25) is 0 Å². The average molecular weight is 329 g/mol. The molecule has 0 unspecified atom stereocenters. The molecule has 0 aliphatic rings. The third kappa shape index (κ3) is 2.97. The first kappa shape index (κ1) is 15.0. The van der Waals surface area contributed by atoms with Crippen LogP contribution in [0, 0.1) is 0 Å². The van der Waals surface area contributed by atoms with Crippen LogP contribution in [0.25, 0.3) is 11.0 Å². The number of nitrogens with zero attached hydrogens (tertiary/aromatic N) is 4. The van der Waals surface area contributed by atoms with Crippen LogP contribution in [0.3, 0.4) is 0 Å². The summed E-state index contributed by atoms with van der Waals surface area (Å²) in [7, 11) is 0. The van der Waals surface area contributed by atoms with Crippen molar-refractivity contribution < 1.29 is 4.79 Å². The van der Waals surface area contributed by atoms with Crippen molar-refractivity contribution in [3.8, 4) is 0 Å². The standard InChI is InChI=1S/C19H15N5O/c25-19(15-9-6-12-20-13-15)21-18(14-7-2-1-3-8-14)24-17-11-5-4-10-16(17)22-23-24/h1-13,18H,(H,21,25)/t18-/m0/s1. The number of pyridine rings is 1. The second-order valence-electron chi connectivity index (χ2n) is 5.55. The fraction of sp³-hybridized carbons (Fsp3) is 0.0526. The number of amides is 1. The average Bonchev–Trinajstić information content (AvgIpc) is 3.11. The highest BCUT2D eigenvalue weighted by Gasteiger charge is 2.20. The van der Waals surface area contributed by atoms with Crippen LogP contribution in [0.5, 0.6) is 0 Å². The Balaban J connectivity index is 1.76. The second-order valence-corrected chi connectivity index (χ2v) is 5.55. The van der Waals surface area contributed by atoms with E-state index in [2.05, 4.69) is 20.6 Å². The molecule has 2 heterocycles. The van der Waals surface area contributed by atoms with E-state index in [1.54, 1.807) is 23.0 Å². The molecule has 0 saturated heterocycles. The molecule has 0 radical (unpaired) electrons. The first-order valence-corrected chi connectivity index (χ1v) is 7.89. The van der Waals surface area contributed by atoms with Gasteiger partial charge in [-0.1, -0.05) is 47.7 Å². The summed E-state index contributed by atoms with van der Waals surface area (Å²) in [6, 6.07) is 20.8. The first-order chi connectivity index (χ1) is 12.3. The fourth-order valence-electron chi connectivity index (χ4n) is 2.70. The van der Waals surface area contributed by atoms with Gasteiger partial charge in [0.15, 0.2) is 6.17 Å². The molecule has 1 N–H and O–H groups in total. The summed E-state index contributed by atoms with van der Waals surface area (Å²) in [6.07, 6.45) is 2.70. The molecule has 122 valence electrons. The third-order valence-corrected chi connectivity index (χ3v) is 3.93. The van der Waals surface area contributed by atoms with Crippen LogP contribution in [0.1, 0.15) is 22.1 Å². The predicted octanol–water partition coefficient (Wildman–Crippen LogP) is 2.80. The molecule has 4 rings (SSSR count). The van der Waals surface area contributed by atoms with Gasteiger partial charge in [-0.2, -0.15) is 0 Å². The maximum absolute atomic E-state index is 12.6. The van der Waals surface area contributed by atoms with Crippen molar-refractivity contribution in [3.05, 3.63) is 90.3 Å². The molecule has 0 fully saturated rings. The molecule has 1 amide bonds. The Morgan fingerprint density at radius 2 is 1.76 bits per heavy atom. The van der Waals surface area contributed by atoms with Gasteiger partial charge >= 0.3 is 0 Å². The summed E-state index contributed by atoms with van der Waals surface area (Å²) in [6.45, 7) is 0. The Morgan fingerprint density at radius 1 is 0.960 bits per heavy atom. The molecule has 4 aromatic rings. The highest BCUT2D eigenvalue weighted by atomic mass is 16.1. The number of nitrogens with one attached hydrogen (secondary N) is 1. The first-order valence-electron chi connectivity index (χ1n) is 7.89. The number of rotatable bonds is 4. The minimum absolute atomic E-state index is 0.221. The molecule has 25 heavy (non-hydrogen) atoms. The number of carbonyl (C=O) groups is 1. The normalized spacial score (nSPS) is 12.0. The van der Waals surface area contributed by atoms with Crippen LogP contribution in [0.4, 0.5) is 0 Å². The molecule has 2 aromatic carbocycles. The monoisotopic (exact) mass is 329 g/mol. The van der Waals surface area contributed by atoms with Crippen LogP contribution in [-0.4, -0.2) is 25.9 Å². The molecular weight excluding hydrogens is 314 g/mol. The Labute approximate surface area is 144 Å². The number of benzene rings is 2. The summed E-state index contributed by atoms with van der Waals surface area (Å²) in [4.78, 5) is 16.6. The van der Waals surface area contributed by atoms with Gasteiger partial charge in [-0.15, -0.1) is 5.10 Å². The van der Waals surface area contributed by atoms with Gasteiger partial charge in [0, 0.05) is 12.4 Å². The lowest BCUT2D eigenvalue weighted by Crippen LogP contribution is -2.34. The van der Waals surface area contributed by atoms with E-state index in [1.165, 1.54) is 6.20 Å². The van der Waals surface area contributed by atoms with Crippen LogP contribution < -0.4 is 5.32 Å². The van der Waals surface area contributed by atoms with E-state index < -0.39 is 6.17 Å². The molecule has 2 aromatic heterocycles. The molecule has 6 nitrogen and oxygen atoms in total. The summed E-state index contributed by atoms with van der Waals surface area (Å²) >= 11 is 0. The van der Waals surface area contributed by atoms with E-state index in [0.717, 1.165) is 16.6 Å². The molecule has 1 atom stereocenters. The molecule has 0 saturated carbocycles. The Kier molecular flexibility index (Phi) is 3.92. The van der Waals surface area contributed by atoms with Crippen LogP contribution in [0.15, 0.2) is 79.1 Å². The van der Waals surface area contributed by atoms with Gasteiger partial charge in [-0.05, 0) is 29.8 Å². The van der Waals surface area contributed by atoms with E-state index in [0.29, 0.717) is 5.56 Å². The molecule has 0 aliphatic carbocycles. The van der Waals surface area contributed by atoms with E-state index in [-0.39, 0.29) is 5.91 Å². The highest BCUT2D eigenvalue weighted by molar-refractivity contribution is 5.94. The molecule has 0 spiro atoms. The molecular formula is C19H15N5O. The zero-order chi connectivity index (χ0) is 17.1. The van der Waals surface area contributed by atoms with Crippen LogP contribution in [-0.2, 0) is 0 Å². The topological polar surface area (TPSA) is 72.7 Å². The van der Waals surface area contributed by atoms with E-state index in [1.807, 2.05) is 54.6 Å². The smallest absolute Gasteiger partial charge is 0.254 e. The fourth-order valence-corrected chi connectivity index (χ4v) is 2.70. The maximum Gasteiger partial charge on any atom is 0.254 e. The lowest BCUT2D eigenvalue weighted by atomic mass is 10.1. The summed E-state index contributed by atoms with van der Waals surface area (Å²) in [5.74, 6) is -0.221. The quantitative estimate of drug-likeness (QED) is 0.625. The minimum atomic E-state index is -0.471. The lowest BCUT2D eigenvalue weighted by molar-refractivity contribution is 0.0927. The van der Waals surface area contributed by atoms with Gasteiger partial charge in [-0.25, -0.2) is 4.68 Å². The Morgan fingerprint density at radius 3 is 2.56 bits per heavy atom. The van der Waals surface area contributed by atoms with Gasteiger partial charge in [-0.3, -0.25) is 9.78 Å². The van der Waals surface area contributed by atoms with Crippen molar-refractivity contribution in [2.75, 3.05) is 0 Å². The number of hydrogen-bond donors (Lipinski definition) is 1. The second kappa shape index (κ2) is 6.52. The van der Waals surface area contributed by atoms with Crippen molar-refractivity contribution in [1.82, 2.24) is 25.3 Å². The SMILES string of the molecule is O=C(N[C@H](c1ccccc1)n1nnc2ccccc21)c1cccnc1. The molecule has 0 aliphatic heterocycles. The molecule has 6 heteroatoms. The number of hydrogen-bond acceptors (Lipinski definition) is 4. The summed E-state index contributed by atoms with van der Waals surface area (Å²) in [5, 5.41) is 11.5. The van der Waals surface area contributed by atoms with E-state index in [4.69, 9.17) is 0 Å². The van der Waals surface area contributed by atoms with Crippen molar-refractivity contribution in [3.63, 3.8) is 0 Å². The van der Waals surface area contributed by atoms with Gasteiger partial charge in [0.25, 0.3) is 5.91 Å². The van der Waals surface area contributed by atoms with Crippen molar-refractivity contribution in [1.29, 1.82) is 0 Å². The van der Waals surface area contributed by atoms with Gasteiger partial charge in [0.05, 0.1) is 11.1 Å². The van der Waals surface area contributed by atoms with Gasteiger partial charge in [0.2, 0.25) is 0 Å². The lowest BCUT2D eigenvalue weighted by Gasteiger charge is -2.20. The maximum atomic E-state index is 12.6. The van der Waals surface area contributed by atoms with Gasteiger partial charge in [0.1, 0.15) is 5.52 Å². The van der Waals surface area contributed by atoms with Crippen molar-refractivity contribution in [2.24, 2.45) is 0 Å². The predicted molar refractivity (Wildman–Crippen MR) is 93.8 cm³/mol. The zero-order valence-electron chi connectivity index (χ0n) is 13.3. The van der Waals surface area contributed by atoms with Crippen molar-refractivity contribution >= 4 is 16.9 Å². The third-order valence-electron chi connectivity index (χ3n) is 3.93. The number of aromatic nitrogens is 4. The summed E-state index contributed by atoms with van der Waals surface area (Å²) < 4.78 is 1.72. The van der Waals surface area contributed by atoms with Gasteiger partial charge < -0.3 is 5.32 Å². The number of para-hydroxylation sites is 1. The largest absolute Gasteiger partial charge is 0.326 e. The van der Waals surface area contributed by atoms with E-state index >= 15 is 0 Å². The highest BCUT2D eigenvalue weighted by Crippen LogP contribution is 2.20. The number of fused-ring (bicyclic) bond motifs is 1. The zero-order valence-corrected chi connectivity index (χ0v) is 13.3. The van der Waals surface area contributed by atoms with E-state index in [9.17, 15) is 4.79 Å². The van der Waals surface area contributed by atoms with Crippen molar-refractivity contribution in [2.45, 2.75) is 6.17 Å². The Bertz CT molecular complexity index is 998. The van der Waals surface area contributed by atoms with Crippen LogP contribution >= 0.6 is 0 Å². The molecule has 0 bridgehead atoms. The minimum Gasteiger partial charge on any atom is -0.326 e. The summed E-state index contributed by atoms with van der Waals surface area (Å²) in [5.41, 5.74) is 3.03. The Hall–Kier alpha value is -3.54. The number of carbonyl (C=O) groups excluding carboxylic acids is 1.